The zero-order valence-corrected chi connectivity index (χ0v) is 16.5. The number of hydrogen-bond donors (Lipinski definition) is 0. The van der Waals surface area contributed by atoms with Gasteiger partial charge in [0.05, 0.1) is 19.3 Å². The summed E-state index contributed by atoms with van der Waals surface area (Å²) in [5, 5.41) is 1.97. The van der Waals surface area contributed by atoms with E-state index in [-0.39, 0.29) is 5.41 Å². The maximum atomic E-state index is 6.15. The average Bonchev–Trinajstić information content (AvgIpc) is 2.53. The van der Waals surface area contributed by atoms with Crippen molar-refractivity contribution in [2.24, 2.45) is 0 Å². The molecule has 0 saturated heterocycles. The molecule has 1 aromatic heterocycles. The number of ether oxygens (including phenoxy) is 1. The molecule has 129 valence electrons. The van der Waals surface area contributed by atoms with Gasteiger partial charge in [-0.2, -0.15) is 0 Å². The molecule has 5 heteroatoms. The number of pyridine rings is 1. The summed E-state index contributed by atoms with van der Waals surface area (Å²) in [4.78, 5) is 4.20. The van der Waals surface area contributed by atoms with E-state index in [4.69, 9.17) is 9.26 Å². The van der Waals surface area contributed by atoms with Crippen LogP contribution in [0.3, 0.4) is 0 Å². The molecule has 0 aliphatic heterocycles. The quantitative estimate of drug-likeness (QED) is 0.568. The smallest absolute Gasteiger partial charge is 0.244 e. The minimum absolute atomic E-state index is 0.00641. The van der Waals surface area contributed by atoms with Crippen molar-refractivity contribution in [2.45, 2.75) is 45.8 Å². The molecular formula is C19H27N2O2Si. The Kier molecular flexibility index (Phi) is 6.02. The van der Waals surface area contributed by atoms with E-state index in [1.807, 2.05) is 23.4 Å². The van der Waals surface area contributed by atoms with E-state index in [2.05, 4.69) is 57.0 Å². The van der Waals surface area contributed by atoms with Crippen LogP contribution in [0.15, 0.2) is 42.7 Å². The summed E-state index contributed by atoms with van der Waals surface area (Å²) < 4.78 is 11.7. The van der Waals surface area contributed by atoms with Crippen LogP contribution >= 0.6 is 0 Å². The topological polar surface area (TPSA) is 34.6 Å². The van der Waals surface area contributed by atoms with Gasteiger partial charge in [-0.3, -0.25) is 10.0 Å². The molecule has 1 radical (unpaired) electrons. The summed E-state index contributed by atoms with van der Waals surface area (Å²) in [5.41, 5.74) is 3.32. The highest BCUT2D eigenvalue weighted by atomic mass is 28.3. The second-order valence-electron chi connectivity index (χ2n) is 7.03. The van der Waals surface area contributed by atoms with Gasteiger partial charge >= 0.3 is 0 Å². The highest BCUT2D eigenvalue weighted by Crippen LogP contribution is 2.35. The van der Waals surface area contributed by atoms with Gasteiger partial charge in [0.1, 0.15) is 5.75 Å². The van der Waals surface area contributed by atoms with Crippen molar-refractivity contribution in [1.29, 1.82) is 0 Å². The van der Waals surface area contributed by atoms with E-state index in [9.17, 15) is 0 Å². The molecule has 0 unspecified atom stereocenters. The minimum atomic E-state index is -0.888. The third kappa shape index (κ3) is 4.82. The van der Waals surface area contributed by atoms with Crippen molar-refractivity contribution in [3.05, 3.63) is 53.9 Å². The Balaban J connectivity index is 2.38. The van der Waals surface area contributed by atoms with Crippen molar-refractivity contribution in [1.82, 2.24) is 4.98 Å². The Hall–Kier alpha value is -1.85. The van der Waals surface area contributed by atoms with Gasteiger partial charge in [0, 0.05) is 18.0 Å². The van der Waals surface area contributed by atoms with Crippen molar-refractivity contribution >= 4 is 14.7 Å². The first kappa shape index (κ1) is 18.5. The van der Waals surface area contributed by atoms with Gasteiger partial charge in [-0.15, -0.1) is 0 Å². The lowest BCUT2D eigenvalue weighted by Gasteiger charge is -2.29. The molecule has 0 amide bonds. The van der Waals surface area contributed by atoms with Crippen LogP contribution in [0.5, 0.6) is 5.75 Å². The third-order valence-corrected chi connectivity index (χ3v) is 4.21. The summed E-state index contributed by atoms with van der Waals surface area (Å²) >= 11 is 0. The molecular weight excluding hydrogens is 316 g/mol. The van der Waals surface area contributed by atoms with Crippen LogP contribution in [0.25, 0.3) is 0 Å². The van der Waals surface area contributed by atoms with E-state index in [0.29, 0.717) is 6.54 Å². The van der Waals surface area contributed by atoms with Crippen LogP contribution in [0.2, 0.25) is 13.1 Å². The molecule has 0 N–H and O–H groups in total. The fourth-order valence-corrected chi connectivity index (χ4v) is 3.10. The largest absolute Gasteiger partial charge is 0.496 e. The Morgan fingerprint density at radius 3 is 2.46 bits per heavy atom. The maximum absolute atomic E-state index is 6.15. The number of hydroxylamine groups is 1. The van der Waals surface area contributed by atoms with Gasteiger partial charge in [0.25, 0.3) is 0 Å². The van der Waals surface area contributed by atoms with Crippen molar-refractivity contribution in [3.8, 4) is 5.75 Å². The molecule has 0 atom stereocenters. The van der Waals surface area contributed by atoms with Gasteiger partial charge < -0.3 is 9.26 Å². The van der Waals surface area contributed by atoms with Gasteiger partial charge in [0.2, 0.25) is 9.04 Å². The zero-order valence-electron chi connectivity index (χ0n) is 15.5. The van der Waals surface area contributed by atoms with Crippen molar-refractivity contribution < 1.29 is 9.26 Å². The molecule has 2 rings (SSSR count). The monoisotopic (exact) mass is 343 g/mol. The predicted octanol–water partition coefficient (Wildman–Crippen LogP) is 4.58. The van der Waals surface area contributed by atoms with Crippen LogP contribution < -0.4 is 9.80 Å². The second kappa shape index (κ2) is 7.81. The number of hydrogen-bond acceptors (Lipinski definition) is 4. The molecule has 0 aliphatic carbocycles. The molecule has 0 aliphatic rings. The normalized spacial score (nSPS) is 11.6. The molecule has 4 nitrogen and oxygen atoms in total. The lowest BCUT2D eigenvalue weighted by Crippen LogP contribution is -2.29. The van der Waals surface area contributed by atoms with Crippen LogP contribution in [0, 0.1) is 0 Å². The zero-order chi connectivity index (χ0) is 17.7. The summed E-state index contributed by atoms with van der Waals surface area (Å²) in [6.07, 6.45) is 3.66. The van der Waals surface area contributed by atoms with E-state index in [1.165, 1.54) is 5.56 Å². The standard InChI is InChI=1S/C19H27N2O2Si/c1-19(2,3)17-12-16(9-10-18(17)22-4)21(23-24(5)6)14-15-8-7-11-20-13-15/h7-13H,14H2,1-6H3. The Morgan fingerprint density at radius 1 is 1.17 bits per heavy atom. The van der Waals surface area contributed by atoms with Gasteiger partial charge in [-0.25, -0.2) is 0 Å². The lowest BCUT2D eigenvalue weighted by molar-refractivity contribution is 0.280. The first-order valence-electron chi connectivity index (χ1n) is 8.14. The molecule has 1 heterocycles. The van der Waals surface area contributed by atoms with Crippen molar-refractivity contribution in [3.63, 3.8) is 0 Å². The Bertz CT molecular complexity index is 654. The number of nitrogens with zero attached hydrogens (tertiary/aromatic N) is 2. The van der Waals surface area contributed by atoms with Crippen LogP contribution in [0.1, 0.15) is 31.9 Å². The lowest BCUT2D eigenvalue weighted by atomic mass is 9.86. The third-order valence-electron chi connectivity index (χ3n) is 3.62. The first-order valence-corrected chi connectivity index (χ1v) is 10.5. The summed E-state index contributed by atoms with van der Waals surface area (Å²) in [5.74, 6) is 0.908. The second-order valence-corrected chi connectivity index (χ2v) is 9.03. The van der Waals surface area contributed by atoms with Gasteiger partial charge in [0.15, 0.2) is 0 Å². The highest BCUT2D eigenvalue weighted by Gasteiger charge is 2.21. The fraction of sp³-hybridized carbons (Fsp3) is 0.421. The average molecular weight is 344 g/mol. The Morgan fingerprint density at radius 2 is 1.92 bits per heavy atom. The molecule has 1 aromatic carbocycles. The van der Waals surface area contributed by atoms with Crippen LogP contribution in [0.4, 0.5) is 5.69 Å². The predicted molar refractivity (Wildman–Crippen MR) is 101 cm³/mol. The van der Waals surface area contributed by atoms with E-state index in [0.717, 1.165) is 17.0 Å². The number of rotatable bonds is 6. The Labute approximate surface area is 147 Å². The number of methoxy groups -OCH3 is 1. The number of aromatic nitrogens is 1. The molecule has 0 fully saturated rings. The summed E-state index contributed by atoms with van der Waals surface area (Å²) in [6.45, 7) is 11.5. The molecule has 0 spiro atoms. The minimum Gasteiger partial charge on any atom is -0.496 e. The molecule has 24 heavy (non-hydrogen) atoms. The van der Waals surface area contributed by atoms with E-state index >= 15 is 0 Å². The summed E-state index contributed by atoms with van der Waals surface area (Å²) in [6, 6.07) is 10.3. The maximum Gasteiger partial charge on any atom is 0.244 e. The number of anilines is 1. The van der Waals surface area contributed by atoms with Crippen LogP contribution in [-0.4, -0.2) is 21.1 Å². The van der Waals surface area contributed by atoms with Gasteiger partial charge in [-0.1, -0.05) is 26.8 Å². The van der Waals surface area contributed by atoms with Crippen LogP contribution in [-0.2, 0) is 16.5 Å². The van der Waals surface area contributed by atoms with E-state index < -0.39 is 9.04 Å². The fourth-order valence-electron chi connectivity index (χ4n) is 2.49. The van der Waals surface area contributed by atoms with E-state index in [1.54, 1.807) is 13.3 Å². The van der Waals surface area contributed by atoms with Gasteiger partial charge in [-0.05, 0) is 48.3 Å². The molecule has 0 saturated carbocycles. The SMILES string of the molecule is COc1ccc(N(Cc2cccnc2)O[Si](C)C)cc1C(C)(C)C. The first-order chi connectivity index (χ1) is 11.3. The van der Waals surface area contributed by atoms with Crippen molar-refractivity contribution in [2.75, 3.05) is 12.2 Å². The molecule has 2 aromatic rings. The number of benzene rings is 1. The highest BCUT2D eigenvalue weighted by molar-refractivity contribution is 6.48. The molecule has 0 bridgehead atoms. The summed E-state index contributed by atoms with van der Waals surface area (Å²) in [7, 11) is 0.827.